The van der Waals surface area contributed by atoms with Crippen molar-refractivity contribution in [1.82, 2.24) is 14.8 Å². The quantitative estimate of drug-likeness (QED) is 0.674. The van der Waals surface area contributed by atoms with Crippen molar-refractivity contribution in [2.75, 3.05) is 0 Å². The second kappa shape index (κ2) is 7.74. The normalized spacial score (nSPS) is 12.3. The van der Waals surface area contributed by atoms with Gasteiger partial charge in [0.25, 0.3) is 0 Å². The maximum atomic E-state index is 13.7. The summed E-state index contributed by atoms with van der Waals surface area (Å²) in [5, 5.41) is 4.75. The summed E-state index contributed by atoms with van der Waals surface area (Å²) in [7, 11) is 0. The molecule has 0 fully saturated rings. The summed E-state index contributed by atoms with van der Waals surface area (Å²) in [6.45, 7) is 4.63. The second-order valence-corrected chi connectivity index (χ2v) is 6.25. The van der Waals surface area contributed by atoms with Gasteiger partial charge >= 0.3 is 0 Å². The van der Waals surface area contributed by atoms with Crippen molar-refractivity contribution in [2.24, 2.45) is 5.73 Å². The van der Waals surface area contributed by atoms with Crippen LogP contribution in [0, 0.1) is 11.8 Å². The van der Waals surface area contributed by atoms with E-state index < -0.39 is 5.95 Å². The Balaban J connectivity index is 2.22. The van der Waals surface area contributed by atoms with Gasteiger partial charge in [0, 0.05) is 35.1 Å². The number of nitrogens with two attached hydrogens (primary N) is 1. The van der Waals surface area contributed by atoms with Crippen LogP contribution in [0.4, 0.5) is 8.78 Å². The SMILES string of the molecule is CCc1c(-c2ccnc(F)c2)c(-c2ccc(F)cc2)nn1CC(N)CC. The van der Waals surface area contributed by atoms with Crippen molar-refractivity contribution in [3.05, 3.63) is 60.1 Å². The first-order valence-corrected chi connectivity index (χ1v) is 8.76. The van der Waals surface area contributed by atoms with Crippen molar-refractivity contribution in [2.45, 2.75) is 39.3 Å². The Morgan fingerprint density at radius 3 is 2.42 bits per heavy atom. The molecule has 3 aromatic rings. The molecule has 1 atom stereocenters. The second-order valence-electron chi connectivity index (χ2n) is 6.25. The van der Waals surface area contributed by atoms with Gasteiger partial charge in [0.1, 0.15) is 11.5 Å². The van der Waals surface area contributed by atoms with Crippen molar-refractivity contribution >= 4 is 0 Å². The molecule has 0 aliphatic rings. The number of aromatic nitrogens is 3. The third kappa shape index (κ3) is 3.65. The monoisotopic (exact) mass is 356 g/mol. The first-order chi connectivity index (χ1) is 12.5. The number of nitrogens with zero attached hydrogens (tertiary/aromatic N) is 3. The van der Waals surface area contributed by atoms with E-state index in [0.717, 1.165) is 23.2 Å². The molecule has 0 amide bonds. The molecule has 0 saturated carbocycles. The van der Waals surface area contributed by atoms with Gasteiger partial charge in [-0.25, -0.2) is 9.37 Å². The average Bonchev–Trinajstić information content (AvgIpc) is 3.00. The van der Waals surface area contributed by atoms with E-state index >= 15 is 0 Å². The molecular weight excluding hydrogens is 334 g/mol. The highest BCUT2D eigenvalue weighted by atomic mass is 19.1. The van der Waals surface area contributed by atoms with Gasteiger partial charge in [0.15, 0.2) is 0 Å². The molecule has 2 heterocycles. The highest BCUT2D eigenvalue weighted by molar-refractivity contribution is 5.82. The van der Waals surface area contributed by atoms with Crippen molar-refractivity contribution in [3.63, 3.8) is 0 Å². The Bertz CT molecular complexity index is 887. The van der Waals surface area contributed by atoms with Crippen molar-refractivity contribution in [3.8, 4) is 22.4 Å². The molecule has 1 unspecified atom stereocenters. The minimum Gasteiger partial charge on any atom is -0.326 e. The third-order valence-electron chi connectivity index (χ3n) is 4.46. The van der Waals surface area contributed by atoms with Crippen LogP contribution >= 0.6 is 0 Å². The molecule has 136 valence electrons. The summed E-state index contributed by atoms with van der Waals surface area (Å²) >= 11 is 0. The van der Waals surface area contributed by atoms with Gasteiger partial charge in [0.05, 0.1) is 6.54 Å². The maximum Gasteiger partial charge on any atom is 0.213 e. The van der Waals surface area contributed by atoms with Crippen LogP contribution in [0.3, 0.4) is 0 Å². The molecular formula is C20H22F2N4. The first-order valence-electron chi connectivity index (χ1n) is 8.76. The highest BCUT2D eigenvalue weighted by Gasteiger charge is 2.21. The summed E-state index contributed by atoms with van der Waals surface area (Å²) in [5.41, 5.74) is 10.1. The van der Waals surface area contributed by atoms with E-state index in [1.54, 1.807) is 18.2 Å². The lowest BCUT2D eigenvalue weighted by atomic mass is 9.98. The fourth-order valence-corrected chi connectivity index (χ4v) is 3.03. The summed E-state index contributed by atoms with van der Waals surface area (Å²) in [6.07, 6.45) is 2.98. The fraction of sp³-hybridized carbons (Fsp3) is 0.300. The Morgan fingerprint density at radius 2 is 1.81 bits per heavy atom. The average molecular weight is 356 g/mol. The predicted molar refractivity (Wildman–Crippen MR) is 98.5 cm³/mol. The molecule has 0 radical (unpaired) electrons. The molecule has 26 heavy (non-hydrogen) atoms. The predicted octanol–water partition coefficient (Wildman–Crippen LogP) is 4.19. The molecule has 6 heteroatoms. The lowest BCUT2D eigenvalue weighted by Gasteiger charge is -2.12. The van der Waals surface area contributed by atoms with Crippen LogP contribution in [0.25, 0.3) is 22.4 Å². The van der Waals surface area contributed by atoms with E-state index in [1.807, 2.05) is 18.5 Å². The van der Waals surface area contributed by atoms with E-state index in [9.17, 15) is 8.78 Å². The molecule has 0 aliphatic heterocycles. The zero-order valence-corrected chi connectivity index (χ0v) is 14.9. The van der Waals surface area contributed by atoms with Crippen LogP contribution in [0.1, 0.15) is 26.0 Å². The van der Waals surface area contributed by atoms with Gasteiger partial charge in [-0.1, -0.05) is 13.8 Å². The van der Waals surface area contributed by atoms with E-state index in [0.29, 0.717) is 24.2 Å². The standard InChI is InChI=1S/C20H22F2N4/c1-3-16(23)12-26-17(4-2)19(14-9-10-24-18(22)11-14)20(25-26)13-5-7-15(21)8-6-13/h5-11,16H,3-4,12,23H2,1-2H3. The zero-order chi connectivity index (χ0) is 18.7. The fourth-order valence-electron chi connectivity index (χ4n) is 3.03. The van der Waals surface area contributed by atoms with E-state index in [-0.39, 0.29) is 11.9 Å². The van der Waals surface area contributed by atoms with Gasteiger partial charge in [-0.3, -0.25) is 4.68 Å². The van der Waals surface area contributed by atoms with Crippen LogP contribution < -0.4 is 5.73 Å². The molecule has 3 rings (SSSR count). The molecule has 0 bridgehead atoms. The number of rotatable bonds is 6. The third-order valence-corrected chi connectivity index (χ3v) is 4.46. The van der Waals surface area contributed by atoms with Crippen LogP contribution in [0.15, 0.2) is 42.6 Å². The summed E-state index contributed by atoms with van der Waals surface area (Å²) in [5.74, 6) is -0.860. The van der Waals surface area contributed by atoms with E-state index in [2.05, 4.69) is 4.98 Å². The molecule has 2 N–H and O–H groups in total. The minimum absolute atomic E-state index is 0.0247. The summed E-state index contributed by atoms with van der Waals surface area (Å²) < 4.78 is 29.0. The van der Waals surface area contributed by atoms with Gasteiger partial charge < -0.3 is 5.73 Å². The summed E-state index contributed by atoms with van der Waals surface area (Å²) in [4.78, 5) is 3.64. The number of hydrogen-bond acceptors (Lipinski definition) is 3. The maximum absolute atomic E-state index is 13.7. The molecule has 0 aliphatic carbocycles. The first kappa shape index (κ1) is 18.2. The van der Waals surface area contributed by atoms with Gasteiger partial charge in [-0.05, 0) is 48.7 Å². The molecule has 0 saturated heterocycles. The van der Waals surface area contributed by atoms with Crippen molar-refractivity contribution in [1.29, 1.82) is 0 Å². The molecule has 4 nitrogen and oxygen atoms in total. The van der Waals surface area contributed by atoms with Gasteiger partial charge in [-0.2, -0.15) is 9.49 Å². The topological polar surface area (TPSA) is 56.7 Å². The van der Waals surface area contributed by atoms with Crippen LogP contribution in [-0.4, -0.2) is 20.8 Å². The van der Waals surface area contributed by atoms with E-state index in [1.165, 1.54) is 24.4 Å². The molecule has 1 aromatic carbocycles. The Kier molecular flexibility index (Phi) is 5.42. The number of benzene rings is 1. The van der Waals surface area contributed by atoms with Gasteiger partial charge in [0.2, 0.25) is 5.95 Å². The highest BCUT2D eigenvalue weighted by Crippen LogP contribution is 2.35. The molecule has 0 spiro atoms. The summed E-state index contributed by atoms with van der Waals surface area (Å²) in [6, 6.07) is 9.29. The number of halogens is 2. The van der Waals surface area contributed by atoms with Crippen LogP contribution in [0.2, 0.25) is 0 Å². The smallest absolute Gasteiger partial charge is 0.213 e. The Morgan fingerprint density at radius 1 is 1.08 bits per heavy atom. The van der Waals surface area contributed by atoms with E-state index in [4.69, 9.17) is 10.8 Å². The Labute approximate surface area is 151 Å². The lowest BCUT2D eigenvalue weighted by Crippen LogP contribution is -2.26. The largest absolute Gasteiger partial charge is 0.326 e. The Hall–Kier alpha value is -2.60. The molecule has 2 aromatic heterocycles. The zero-order valence-electron chi connectivity index (χ0n) is 14.9. The lowest BCUT2D eigenvalue weighted by molar-refractivity contribution is 0.488. The van der Waals surface area contributed by atoms with Crippen LogP contribution in [-0.2, 0) is 13.0 Å². The van der Waals surface area contributed by atoms with Crippen molar-refractivity contribution < 1.29 is 8.78 Å². The minimum atomic E-state index is -0.549. The number of hydrogen-bond donors (Lipinski definition) is 1. The number of pyridine rings is 1. The van der Waals surface area contributed by atoms with Crippen LogP contribution in [0.5, 0.6) is 0 Å². The van der Waals surface area contributed by atoms with Gasteiger partial charge in [-0.15, -0.1) is 0 Å².